The summed E-state index contributed by atoms with van der Waals surface area (Å²) in [5.41, 5.74) is 2.71. The van der Waals surface area contributed by atoms with E-state index in [0.29, 0.717) is 43.8 Å². The van der Waals surface area contributed by atoms with Gasteiger partial charge in [-0.25, -0.2) is 4.79 Å². The maximum absolute atomic E-state index is 13.7. The Labute approximate surface area is 318 Å². The number of nitrogens with zero attached hydrogens (tertiary/aromatic N) is 2. The number of benzene rings is 2. The number of hydrogen-bond acceptors (Lipinski definition) is 10. The standard InChI is InChI=1S/C42H56N2O8S/c1-6-9-25-48-41(47)44(4)38-28-36(43-50-8-3)34-26-29(14-10-12-22-45)33(15-11-13-23-46)39-35-27-31(51-30-16-19-32(53-5)20-17-30)18-21-37(35)52-42(38,40(34)39)49-24-7-2/h6-7,16-21,26-27,29,33,38-40,45-46H,1-2,8-15,22-25,28H2,3-5H3. The largest absolute Gasteiger partial charge is 0.459 e. The molecule has 6 unspecified atom stereocenters. The van der Waals surface area contributed by atoms with Gasteiger partial charge < -0.3 is 38.9 Å². The monoisotopic (exact) mass is 748 g/mol. The van der Waals surface area contributed by atoms with Crippen molar-refractivity contribution in [3.63, 3.8) is 0 Å². The van der Waals surface area contributed by atoms with E-state index in [-0.39, 0.29) is 44.2 Å². The van der Waals surface area contributed by atoms with E-state index in [1.165, 1.54) is 0 Å². The van der Waals surface area contributed by atoms with Gasteiger partial charge in [0, 0.05) is 43.1 Å². The Morgan fingerprint density at radius 3 is 2.47 bits per heavy atom. The van der Waals surface area contributed by atoms with Crippen LogP contribution in [-0.2, 0) is 14.3 Å². The third-order valence-corrected chi connectivity index (χ3v) is 11.3. The SMILES string of the molecule is C=CCCOC(=O)N(C)C1CC(=NOCC)C2=CC(CCCCO)C(CCCCO)C3c4cc(Oc5ccc(SC)cc5)ccc4OC1(OCC=C)C23. The smallest absolute Gasteiger partial charge is 0.409 e. The molecule has 288 valence electrons. The summed E-state index contributed by atoms with van der Waals surface area (Å²) in [7, 11) is 1.72. The predicted octanol–water partition coefficient (Wildman–Crippen LogP) is 8.50. The Bertz CT molecular complexity index is 1600. The summed E-state index contributed by atoms with van der Waals surface area (Å²) in [5.74, 6) is 0.426. The molecule has 1 heterocycles. The number of unbranched alkanes of at least 4 members (excludes halogenated alkanes) is 2. The van der Waals surface area contributed by atoms with Gasteiger partial charge in [-0.15, -0.1) is 24.9 Å². The van der Waals surface area contributed by atoms with Crippen molar-refractivity contribution in [3.8, 4) is 17.2 Å². The first-order valence-corrected chi connectivity index (χ1v) is 20.1. The Morgan fingerprint density at radius 2 is 1.79 bits per heavy atom. The minimum Gasteiger partial charge on any atom is -0.459 e. The Kier molecular flexibility index (Phi) is 14.9. The number of aliphatic hydroxyl groups is 2. The highest BCUT2D eigenvalue weighted by Gasteiger charge is 2.65. The van der Waals surface area contributed by atoms with Crippen molar-refractivity contribution >= 4 is 23.6 Å². The van der Waals surface area contributed by atoms with E-state index in [2.05, 4.69) is 25.3 Å². The second-order valence-corrected chi connectivity index (χ2v) is 14.7. The van der Waals surface area contributed by atoms with Crippen LogP contribution in [0.25, 0.3) is 0 Å². The zero-order valence-corrected chi connectivity index (χ0v) is 32.2. The fourth-order valence-electron chi connectivity index (χ4n) is 8.17. The number of amides is 1. The van der Waals surface area contributed by atoms with Gasteiger partial charge in [0.15, 0.2) is 0 Å². The molecule has 1 aliphatic heterocycles. The van der Waals surface area contributed by atoms with Gasteiger partial charge in [0.2, 0.25) is 5.79 Å². The van der Waals surface area contributed by atoms with E-state index in [4.69, 9.17) is 28.9 Å². The molecule has 2 aromatic carbocycles. The molecule has 1 fully saturated rings. The lowest BCUT2D eigenvalue weighted by Gasteiger charge is -2.59. The summed E-state index contributed by atoms with van der Waals surface area (Å²) < 4.78 is 26.2. The summed E-state index contributed by atoms with van der Waals surface area (Å²) in [6, 6.07) is 13.3. The van der Waals surface area contributed by atoms with Crippen LogP contribution in [-0.4, -0.2) is 85.1 Å². The molecule has 5 rings (SSSR count). The summed E-state index contributed by atoms with van der Waals surface area (Å²) in [4.78, 5) is 22.2. The van der Waals surface area contributed by atoms with Crippen LogP contribution in [0.1, 0.15) is 69.8 Å². The molecular weight excluding hydrogens is 693 g/mol. The van der Waals surface area contributed by atoms with E-state index in [9.17, 15) is 15.0 Å². The molecule has 0 saturated heterocycles. The number of rotatable bonds is 20. The number of allylic oxidation sites excluding steroid dienone is 1. The molecule has 2 N–H and O–H groups in total. The van der Waals surface area contributed by atoms with Gasteiger partial charge in [0.1, 0.15) is 29.9 Å². The number of carbonyl (C=O) groups excluding carboxylic acids is 1. The lowest BCUT2D eigenvalue weighted by Crippen LogP contribution is -2.69. The quantitative estimate of drug-likeness (QED) is 0.0595. The average molecular weight is 749 g/mol. The molecule has 53 heavy (non-hydrogen) atoms. The number of oxime groups is 1. The van der Waals surface area contributed by atoms with Crippen molar-refractivity contribution < 1.29 is 38.8 Å². The van der Waals surface area contributed by atoms with Crippen LogP contribution in [0.5, 0.6) is 17.2 Å². The normalized spacial score (nSPS) is 25.0. The van der Waals surface area contributed by atoms with Crippen molar-refractivity contribution in [1.82, 2.24) is 4.90 Å². The minimum atomic E-state index is -1.34. The second-order valence-electron chi connectivity index (χ2n) is 13.8. The molecule has 1 amide bonds. The summed E-state index contributed by atoms with van der Waals surface area (Å²) >= 11 is 1.68. The van der Waals surface area contributed by atoms with Gasteiger partial charge in [0.25, 0.3) is 0 Å². The number of fused-ring (bicyclic) bond motifs is 2. The Morgan fingerprint density at radius 1 is 1.06 bits per heavy atom. The van der Waals surface area contributed by atoms with Crippen molar-refractivity contribution in [2.45, 2.75) is 80.9 Å². The number of likely N-dealkylation sites (N-methyl/N-ethyl adjacent to an activating group) is 1. The van der Waals surface area contributed by atoms with Gasteiger partial charge >= 0.3 is 6.09 Å². The van der Waals surface area contributed by atoms with E-state index in [1.54, 1.807) is 35.9 Å². The van der Waals surface area contributed by atoms with Crippen LogP contribution in [0, 0.1) is 17.8 Å². The second kappa shape index (κ2) is 19.5. The van der Waals surface area contributed by atoms with Crippen LogP contribution in [0.2, 0.25) is 0 Å². The van der Waals surface area contributed by atoms with Crippen LogP contribution >= 0.6 is 11.8 Å². The van der Waals surface area contributed by atoms with Gasteiger partial charge in [-0.05, 0) is 105 Å². The first kappa shape index (κ1) is 40.4. The summed E-state index contributed by atoms with van der Waals surface area (Å²) in [6.07, 6.45) is 12.9. The molecule has 2 aromatic rings. The zero-order chi connectivity index (χ0) is 37.8. The third kappa shape index (κ3) is 9.13. The zero-order valence-electron chi connectivity index (χ0n) is 31.4. The molecule has 0 spiro atoms. The highest BCUT2D eigenvalue weighted by atomic mass is 32.2. The van der Waals surface area contributed by atoms with E-state index >= 15 is 0 Å². The Hall–Kier alpha value is -3.77. The highest BCUT2D eigenvalue weighted by molar-refractivity contribution is 7.98. The fourth-order valence-corrected chi connectivity index (χ4v) is 8.58. The van der Waals surface area contributed by atoms with Crippen LogP contribution < -0.4 is 9.47 Å². The topological polar surface area (TPSA) is 119 Å². The van der Waals surface area contributed by atoms with Gasteiger partial charge in [-0.3, -0.25) is 0 Å². The molecule has 0 aromatic heterocycles. The number of carbonyl (C=O) groups is 1. The first-order chi connectivity index (χ1) is 25.8. The van der Waals surface area contributed by atoms with Crippen molar-refractivity contribution in [2.24, 2.45) is 22.9 Å². The van der Waals surface area contributed by atoms with E-state index < -0.39 is 23.8 Å². The molecule has 2 aliphatic carbocycles. The van der Waals surface area contributed by atoms with E-state index in [0.717, 1.165) is 53.2 Å². The number of thioether (sulfide) groups is 1. The van der Waals surface area contributed by atoms with Crippen molar-refractivity contribution in [1.29, 1.82) is 0 Å². The van der Waals surface area contributed by atoms with Crippen molar-refractivity contribution in [3.05, 3.63) is 85.0 Å². The van der Waals surface area contributed by atoms with Crippen LogP contribution in [0.4, 0.5) is 4.79 Å². The minimum absolute atomic E-state index is 0.108. The van der Waals surface area contributed by atoms with Gasteiger partial charge in [-0.2, -0.15) is 0 Å². The van der Waals surface area contributed by atoms with Gasteiger partial charge in [-0.1, -0.05) is 36.2 Å². The predicted molar refractivity (Wildman–Crippen MR) is 209 cm³/mol. The molecular formula is C42H56N2O8S. The lowest BCUT2D eigenvalue weighted by atomic mass is 9.55. The van der Waals surface area contributed by atoms with E-state index in [1.807, 2.05) is 49.6 Å². The molecule has 6 atom stereocenters. The van der Waals surface area contributed by atoms with Crippen LogP contribution in [0.15, 0.2) is 89.5 Å². The molecule has 11 heteroatoms. The molecule has 0 bridgehead atoms. The van der Waals surface area contributed by atoms with Crippen LogP contribution in [0.3, 0.4) is 0 Å². The molecule has 1 saturated carbocycles. The highest BCUT2D eigenvalue weighted by Crippen LogP contribution is 2.62. The van der Waals surface area contributed by atoms with Crippen molar-refractivity contribution in [2.75, 3.05) is 46.3 Å². The number of ether oxygens (including phenoxy) is 4. The fraction of sp³-hybridized carbons (Fsp3) is 0.524. The molecule has 0 radical (unpaired) electrons. The summed E-state index contributed by atoms with van der Waals surface area (Å²) in [6.45, 7) is 10.6. The third-order valence-electron chi connectivity index (χ3n) is 10.5. The summed E-state index contributed by atoms with van der Waals surface area (Å²) in [5, 5.41) is 24.3. The first-order valence-electron chi connectivity index (χ1n) is 18.9. The molecule has 10 nitrogen and oxygen atoms in total. The maximum Gasteiger partial charge on any atom is 0.409 e. The average Bonchev–Trinajstić information content (AvgIpc) is 3.17. The number of hydrogen-bond donors (Lipinski definition) is 2. The maximum atomic E-state index is 13.7. The lowest BCUT2D eigenvalue weighted by molar-refractivity contribution is -0.253. The Balaban J connectivity index is 1.72. The molecule has 3 aliphatic rings. The number of aliphatic hydroxyl groups excluding tert-OH is 2. The van der Waals surface area contributed by atoms with Gasteiger partial charge in [0.05, 0.1) is 24.8 Å².